The van der Waals surface area contributed by atoms with Gasteiger partial charge in [-0.15, -0.1) is 0 Å². The molecule has 0 spiro atoms. The minimum atomic E-state index is -0.412. The van der Waals surface area contributed by atoms with Crippen molar-refractivity contribution in [1.29, 1.82) is 0 Å². The maximum absolute atomic E-state index is 12.4. The van der Waals surface area contributed by atoms with Crippen LogP contribution in [0.15, 0.2) is 24.3 Å². The second kappa shape index (κ2) is 6.46. The number of halogens is 1. The standard InChI is InChI=1S/C15H21ClN2O2/c1-15(7-4-8-17-15)14(19)18(2)9-10-20-13-6-3-5-12(16)11-13/h3,5-6,11,17H,4,7-10H2,1-2H3. The van der Waals surface area contributed by atoms with Crippen molar-refractivity contribution in [3.05, 3.63) is 29.3 Å². The van der Waals surface area contributed by atoms with Crippen LogP contribution in [0.5, 0.6) is 5.75 Å². The van der Waals surface area contributed by atoms with Crippen molar-refractivity contribution in [2.75, 3.05) is 26.7 Å². The fourth-order valence-corrected chi connectivity index (χ4v) is 2.64. The van der Waals surface area contributed by atoms with Gasteiger partial charge in [-0.1, -0.05) is 17.7 Å². The molecule has 1 aliphatic rings. The van der Waals surface area contributed by atoms with Gasteiger partial charge < -0.3 is 15.0 Å². The Kier molecular flexibility index (Phi) is 4.89. The summed E-state index contributed by atoms with van der Waals surface area (Å²) < 4.78 is 5.60. The van der Waals surface area contributed by atoms with Gasteiger partial charge in [0.2, 0.25) is 5.91 Å². The highest BCUT2D eigenvalue weighted by atomic mass is 35.5. The first-order chi connectivity index (χ1) is 9.51. The number of carbonyl (C=O) groups is 1. The molecule has 0 saturated carbocycles. The molecule has 2 rings (SSSR count). The highest BCUT2D eigenvalue weighted by Gasteiger charge is 2.37. The molecule has 1 N–H and O–H groups in total. The molecule has 0 bridgehead atoms. The number of likely N-dealkylation sites (N-methyl/N-ethyl adjacent to an activating group) is 1. The normalized spacial score (nSPS) is 21.8. The lowest BCUT2D eigenvalue weighted by Crippen LogP contribution is -2.52. The predicted octanol–water partition coefficient (Wildman–Crippen LogP) is 2.32. The molecule has 1 fully saturated rings. The van der Waals surface area contributed by atoms with E-state index in [4.69, 9.17) is 16.3 Å². The molecule has 1 unspecified atom stereocenters. The van der Waals surface area contributed by atoms with E-state index in [2.05, 4.69) is 5.32 Å². The molecular formula is C15H21ClN2O2. The Balaban J connectivity index is 1.80. The third-order valence-corrected chi connectivity index (χ3v) is 3.91. The molecule has 1 aromatic carbocycles. The molecule has 0 radical (unpaired) electrons. The summed E-state index contributed by atoms with van der Waals surface area (Å²) in [5.41, 5.74) is -0.412. The van der Waals surface area contributed by atoms with Gasteiger partial charge in [-0.3, -0.25) is 4.79 Å². The van der Waals surface area contributed by atoms with Crippen molar-refractivity contribution in [2.45, 2.75) is 25.3 Å². The lowest BCUT2D eigenvalue weighted by atomic mass is 9.99. The van der Waals surface area contributed by atoms with E-state index in [-0.39, 0.29) is 5.91 Å². The lowest BCUT2D eigenvalue weighted by molar-refractivity contribution is -0.136. The predicted molar refractivity (Wildman–Crippen MR) is 80.2 cm³/mol. The summed E-state index contributed by atoms with van der Waals surface area (Å²) >= 11 is 5.89. The van der Waals surface area contributed by atoms with E-state index >= 15 is 0 Å². The SMILES string of the molecule is CN(CCOc1cccc(Cl)c1)C(=O)C1(C)CCCN1. The van der Waals surface area contributed by atoms with Crippen LogP contribution in [-0.4, -0.2) is 43.1 Å². The van der Waals surface area contributed by atoms with E-state index < -0.39 is 5.54 Å². The van der Waals surface area contributed by atoms with Gasteiger partial charge >= 0.3 is 0 Å². The van der Waals surface area contributed by atoms with Crippen LogP contribution in [0.2, 0.25) is 5.02 Å². The number of benzene rings is 1. The molecule has 1 atom stereocenters. The minimum Gasteiger partial charge on any atom is -0.492 e. The van der Waals surface area contributed by atoms with Crippen molar-refractivity contribution in [2.24, 2.45) is 0 Å². The number of hydrogen-bond acceptors (Lipinski definition) is 3. The molecule has 4 nitrogen and oxygen atoms in total. The van der Waals surface area contributed by atoms with Crippen LogP contribution in [0, 0.1) is 0 Å². The average Bonchev–Trinajstić information content (AvgIpc) is 2.86. The van der Waals surface area contributed by atoms with Crippen LogP contribution in [-0.2, 0) is 4.79 Å². The highest BCUT2D eigenvalue weighted by Crippen LogP contribution is 2.21. The fraction of sp³-hybridized carbons (Fsp3) is 0.533. The number of hydrogen-bond donors (Lipinski definition) is 1. The van der Waals surface area contributed by atoms with E-state index in [1.807, 2.05) is 26.1 Å². The van der Waals surface area contributed by atoms with Crippen molar-refractivity contribution in [3.8, 4) is 5.75 Å². The summed E-state index contributed by atoms with van der Waals surface area (Å²) in [6.07, 6.45) is 1.94. The van der Waals surface area contributed by atoms with Crippen molar-refractivity contribution >= 4 is 17.5 Å². The number of nitrogens with zero attached hydrogens (tertiary/aromatic N) is 1. The zero-order chi connectivity index (χ0) is 14.6. The molecule has 5 heteroatoms. The van der Waals surface area contributed by atoms with E-state index in [0.29, 0.717) is 18.2 Å². The molecule has 20 heavy (non-hydrogen) atoms. The van der Waals surface area contributed by atoms with Crippen molar-refractivity contribution in [1.82, 2.24) is 10.2 Å². The summed E-state index contributed by atoms with van der Waals surface area (Å²) in [6, 6.07) is 7.27. The first kappa shape index (κ1) is 15.1. The molecule has 1 saturated heterocycles. The number of rotatable bonds is 5. The molecule has 1 amide bonds. The van der Waals surface area contributed by atoms with Gasteiger partial charge in [-0.05, 0) is 44.5 Å². The number of nitrogens with one attached hydrogen (secondary N) is 1. The molecular weight excluding hydrogens is 276 g/mol. The Hall–Kier alpha value is -1.26. The Morgan fingerprint density at radius 2 is 2.35 bits per heavy atom. The highest BCUT2D eigenvalue weighted by molar-refractivity contribution is 6.30. The van der Waals surface area contributed by atoms with Crippen molar-refractivity contribution < 1.29 is 9.53 Å². The Labute approximate surface area is 125 Å². The van der Waals surface area contributed by atoms with Gasteiger partial charge in [-0.2, -0.15) is 0 Å². The summed E-state index contributed by atoms with van der Waals surface area (Å²) in [5, 5.41) is 3.93. The smallest absolute Gasteiger partial charge is 0.242 e. The van der Waals surface area contributed by atoms with Gasteiger partial charge in [0.15, 0.2) is 0 Å². The Morgan fingerprint density at radius 1 is 1.55 bits per heavy atom. The van der Waals surface area contributed by atoms with E-state index in [1.54, 1.807) is 17.0 Å². The fourth-order valence-electron chi connectivity index (χ4n) is 2.46. The molecule has 1 aromatic rings. The number of amides is 1. The van der Waals surface area contributed by atoms with Crippen LogP contribution >= 0.6 is 11.6 Å². The van der Waals surface area contributed by atoms with Gasteiger partial charge in [0.25, 0.3) is 0 Å². The topological polar surface area (TPSA) is 41.6 Å². The second-order valence-corrected chi connectivity index (χ2v) is 5.83. The second-order valence-electron chi connectivity index (χ2n) is 5.39. The molecule has 0 aromatic heterocycles. The van der Waals surface area contributed by atoms with Crippen LogP contribution in [0.25, 0.3) is 0 Å². The zero-order valence-corrected chi connectivity index (χ0v) is 12.7. The van der Waals surface area contributed by atoms with Crippen LogP contribution in [0.4, 0.5) is 0 Å². The van der Waals surface area contributed by atoms with Crippen LogP contribution in [0.1, 0.15) is 19.8 Å². The maximum Gasteiger partial charge on any atom is 0.242 e. The first-order valence-corrected chi connectivity index (χ1v) is 7.28. The Bertz CT molecular complexity index is 473. The van der Waals surface area contributed by atoms with Gasteiger partial charge in [0.1, 0.15) is 12.4 Å². The first-order valence-electron chi connectivity index (χ1n) is 6.90. The summed E-state index contributed by atoms with van der Waals surface area (Å²) in [5.74, 6) is 0.855. The van der Waals surface area contributed by atoms with Crippen LogP contribution in [0.3, 0.4) is 0 Å². The molecule has 0 aliphatic carbocycles. The summed E-state index contributed by atoms with van der Waals surface area (Å²) in [4.78, 5) is 14.1. The average molecular weight is 297 g/mol. The summed E-state index contributed by atoms with van der Waals surface area (Å²) in [7, 11) is 1.81. The number of ether oxygens (including phenoxy) is 1. The lowest BCUT2D eigenvalue weighted by Gasteiger charge is -2.29. The number of carbonyl (C=O) groups excluding carboxylic acids is 1. The van der Waals surface area contributed by atoms with Gasteiger partial charge in [-0.25, -0.2) is 0 Å². The van der Waals surface area contributed by atoms with E-state index in [9.17, 15) is 4.79 Å². The van der Waals surface area contributed by atoms with E-state index in [1.165, 1.54) is 0 Å². The minimum absolute atomic E-state index is 0.129. The quantitative estimate of drug-likeness (QED) is 0.907. The summed E-state index contributed by atoms with van der Waals surface area (Å²) in [6.45, 7) is 3.90. The van der Waals surface area contributed by atoms with Crippen LogP contribution < -0.4 is 10.1 Å². The van der Waals surface area contributed by atoms with Gasteiger partial charge in [0, 0.05) is 12.1 Å². The maximum atomic E-state index is 12.4. The molecule has 110 valence electrons. The monoisotopic (exact) mass is 296 g/mol. The molecule has 1 heterocycles. The van der Waals surface area contributed by atoms with E-state index in [0.717, 1.165) is 25.1 Å². The zero-order valence-electron chi connectivity index (χ0n) is 12.0. The molecule has 1 aliphatic heterocycles. The third-order valence-electron chi connectivity index (χ3n) is 3.68. The largest absolute Gasteiger partial charge is 0.492 e. The van der Waals surface area contributed by atoms with Gasteiger partial charge in [0.05, 0.1) is 12.1 Å². The Morgan fingerprint density at radius 3 is 3.00 bits per heavy atom. The van der Waals surface area contributed by atoms with Crippen molar-refractivity contribution in [3.63, 3.8) is 0 Å². The third kappa shape index (κ3) is 3.64.